The average molecular weight is 314 g/mol. The van der Waals surface area contributed by atoms with E-state index in [0.717, 1.165) is 0 Å². The van der Waals surface area contributed by atoms with Gasteiger partial charge in [-0.05, 0) is 24.6 Å². The second-order valence-corrected chi connectivity index (χ2v) is 4.37. The Morgan fingerprint density at radius 3 is 2.50 bits per heavy atom. The van der Waals surface area contributed by atoms with E-state index >= 15 is 0 Å². The smallest absolute Gasteiger partial charge is 0.338 e. The van der Waals surface area contributed by atoms with Crippen LogP contribution in [0.15, 0.2) is 28.8 Å². The van der Waals surface area contributed by atoms with E-state index in [1.807, 2.05) is 0 Å². The molecule has 2 aromatic rings. The van der Waals surface area contributed by atoms with Crippen molar-refractivity contribution < 1.29 is 22.5 Å². The minimum atomic E-state index is -4.65. The van der Waals surface area contributed by atoms with E-state index in [4.69, 9.17) is 0 Å². The fraction of sp³-hybridized carbons (Fsp3) is 0.308. The number of nitrogens with zero attached hydrogens (tertiary/aromatic N) is 2. The first-order chi connectivity index (χ1) is 10.4. The lowest BCUT2D eigenvalue weighted by Gasteiger charge is -2.06. The van der Waals surface area contributed by atoms with Crippen LogP contribution in [0.4, 0.5) is 23.7 Å². The van der Waals surface area contributed by atoms with E-state index in [2.05, 4.69) is 25.3 Å². The van der Waals surface area contributed by atoms with Gasteiger partial charge in [-0.3, -0.25) is 0 Å². The van der Waals surface area contributed by atoms with Gasteiger partial charge < -0.3 is 15.2 Å². The number of amides is 2. The quantitative estimate of drug-likeness (QED) is 0.909. The molecule has 1 aromatic heterocycles. The van der Waals surface area contributed by atoms with Gasteiger partial charge >= 0.3 is 18.1 Å². The molecule has 9 heteroatoms. The number of aromatic nitrogens is 2. The summed E-state index contributed by atoms with van der Waals surface area (Å²) < 4.78 is 41.2. The summed E-state index contributed by atoms with van der Waals surface area (Å²) in [7, 11) is 0. The van der Waals surface area contributed by atoms with Crippen molar-refractivity contribution in [2.24, 2.45) is 0 Å². The van der Waals surface area contributed by atoms with Crippen molar-refractivity contribution in [2.75, 3.05) is 11.9 Å². The molecule has 2 N–H and O–H groups in total. The Balaban J connectivity index is 1.99. The third-order valence-electron chi connectivity index (χ3n) is 2.62. The highest BCUT2D eigenvalue weighted by atomic mass is 19.4. The van der Waals surface area contributed by atoms with Crippen LogP contribution in [0.2, 0.25) is 0 Å². The Hall–Kier alpha value is -2.58. The van der Waals surface area contributed by atoms with Crippen LogP contribution in [-0.2, 0) is 12.6 Å². The van der Waals surface area contributed by atoms with Gasteiger partial charge in [0.25, 0.3) is 0 Å². The van der Waals surface area contributed by atoms with Crippen molar-refractivity contribution in [2.45, 2.75) is 19.5 Å². The number of benzene rings is 1. The average Bonchev–Trinajstić information content (AvgIpc) is 2.90. The molecule has 0 saturated carbocycles. The van der Waals surface area contributed by atoms with Gasteiger partial charge in [0.1, 0.15) is 0 Å². The van der Waals surface area contributed by atoms with E-state index in [1.165, 1.54) is 0 Å². The molecule has 2 amide bonds. The number of alkyl halides is 3. The van der Waals surface area contributed by atoms with Gasteiger partial charge in [0.2, 0.25) is 0 Å². The minimum absolute atomic E-state index is 0.0586. The van der Waals surface area contributed by atoms with Crippen molar-refractivity contribution >= 4 is 11.7 Å². The standard InChI is InChI=1S/C13H13F3N4O2/c1-2-17-12(21)18-9-5-3-8(4-6-9)7-10-19-11(22-20-10)13(14,15)16/h3-6H,2,7H2,1H3,(H2,17,18,21). The van der Waals surface area contributed by atoms with Gasteiger partial charge in [0.15, 0.2) is 5.82 Å². The first-order valence-corrected chi connectivity index (χ1v) is 6.42. The van der Waals surface area contributed by atoms with E-state index in [0.29, 0.717) is 17.8 Å². The first-order valence-electron chi connectivity index (χ1n) is 6.42. The largest absolute Gasteiger partial charge is 0.471 e. The molecule has 1 heterocycles. The predicted molar refractivity (Wildman–Crippen MR) is 71.2 cm³/mol. The van der Waals surface area contributed by atoms with Gasteiger partial charge in [0.05, 0.1) is 0 Å². The topological polar surface area (TPSA) is 80.0 Å². The molecule has 0 bridgehead atoms. The second-order valence-electron chi connectivity index (χ2n) is 4.37. The van der Waals surface area contributed by atoms with Crippen LogP contribution in [0.3, 0.4) is 0 Å². The number of anilines is 1. The van der Waals surface area contributed by atoms with Crippen molar-refractivity contribution in [1.29, 1.82) is 0 Å². The highest BCUT2D eigenvalue weighted by molar-refractivity contribution is 5.89. The third-order valence-corrected chi connectivity index (χ3v) is 2.62. The van der Waals surface area contributed by atoms with Crippen molar-refractivity contribution in [3.8, 4) is 0 Å². The zero-order chi connectivity index (χ0) is 16.2. The van der Waals surface area contributed by atoms with E-state index in [9.17, 15) is 18.0 Å². The zero-order valence-corrected chi connectivity index (χ0v) is 11.6. The van der Waals surface area contributed by atoms with Gasteiger partial charge in [-0.15, -0.1) is 0 Å². The van der Waals surface area contributed by atoms with Crippen molar-refractivity contribution in [3.63, 3.8) is 0 Å². The number of nitrogens with one attached hydrogen (secondary N) is 2. The van der Waals surface area contributed by atoms with Crippen LogP contribution in [-0.4, -0.2) is 22.7 Å². The van der Waals surface area contributed by atoms with E-state index in [1.54, 1.807) is 31.2 Å². The molecular formula is C13H13F3N4O2. The number of carbonyl (C=O) groups is 1. The Morgan fingerprint density at radius 2 is 1.95 bits per heavy atom. The number of hydrogen-bond acceptors (Lipinski definition) is 4. The summed E-state index contributed by atoms with van der Waals surface area (Å²) in [6.07, 6.45) is -4.55. The van der Waals surface area contributed by atoms with Crippen LogP contribution in [0.5, 0.6) is 0 Å². The van der Waals surface area contributed by atoms with E-state index in [-0.39, 0.29) is 18.3 Å². The maximum Gasteiger partial charge on any atom is 0.471 e. The summed E-state index contributed by atoms with van der Waals surface area (Å²) in [5.41, 5.74) is 1.26. The SMILES string of the molecule is CCNC(=O)Nc1ccc(Cc2noc(C(F)(F)F)n2)cc1. The number of halogens is 3. The van der Waals surface area contributed by atoms with Crippen LogP contribution >= 0.6 is 0 Å². The number of carbonyl (C=O) groups excluding carboxylic acids is 1. The Labute approximate surface area is 123 Å². The van der Waals surface area contributed by atoms with Gasteiger partial charge in [-0.2, -0.15) is 18.2 Å². The number of hydrogen-bond donors (Lipinski definition) is 2. The highest BCUT2D eigenvalue weighted by Crippen LogP contribution is 2.27. The van der Waals surface area contributed by atoms with Crippen molar-refractivity contribution in [3.05, 3.63) is 41.5 Å². The lowest BCUT2D eigenvalue weighted by molar-refractivity contribution is -0.159. The molecule has 6 nitrogen and oxygen atoms in total. The molecule has 22 heavy (non-hydrogen) atoms. The lowest BCUT2D eigenvalue weighted by atomic mass is 10.1. The fourth-order valence-electron chi connectivity index (χ4n) is 1.67. The molecule has 1 aromatic carbocycles. The van der Waals surface area contributed by atoms with E-state index < -0.39 is 12.1 Å². The summed E-state index contributed by atoms with van der Waals surface area (Å²) in [5, 5.41) is 8.47. The fourth-order valence-corrected chi connectivity index (χ4v) is 1.67. The van der Waals surface area contributed by atoms with Gasteiger partial charge in [0, 0.05) is 18.7 Å². The molecule has 0 aliphatic carbocycles. The summed E-state index contributed by atoms with van der Waals surface area (Å²) in [6.45, 7) is 2.30. The molecular weight excluding hydrogens is 301 g/mol. The molecule has 0 aliphatic rings. The Bertz CT molecular complexity index is 637. The normalized spacial score (nSPS) is 11.3. The van der Waals surface area contributed by atoms with Crippen LogP contribution in [0.25, 0.3) is 0 Å². The second kappa shape index (κ2) is 6.46. The number of urea groups is 1. The molecule has 2 rings (SSSR count). The molecule has 0 fully saturated rings. The van der Waals surface area contributed by atoms with Crippen LogP contribution in [0.1, 0.15) is 24.2 Å². The third kappa shape index (κ3) is 4.21. The monoisotopic (exact) mass is 314 g/mol. The molecule has 0 atom stereocenters. The Morgan fingerprint density at radius 1 is 1.27 bits per heavy atom. The zero-order valence-electron chi connectivity index (χ0n) is 11.6. The summed E-state index contributed by atoms with van der Waals surface area (Å²) in [5.74, 6) is -1.42. The van der Waals surface area contributed by atoms with Gasteiger partial charge in [-0.25, -0.2) is 4.79 Å². The lowest BCUT2D eigenvalue weighted by Crippen LogP contribution is -2.28. The summed E-state index contributed by atoms with van der Waals surface area (Å²) >= 11 is 0. The summed E-state index contributed by atoms with van der Waals surface area (Å²) in [6, 6.07) is 6.25. The van der Waals surface area contributed by atoms with Gasteiger partial charge in [-0.1, -0.05) is 17.3 Å². The minimum Gasteiger partial charge on any atom is -0.338 e. The molecule has 0 saturated heterocycles. The first kappa shape index (κ1) is 15.8. The molecule has 0 unspecified atom stereocenters. The predicted octanol–water partition coefficient (Wildman–Crippen LogP) is 2.82. The maximum absolute atomic E-state index is 12.3. The highest BCUT2D eigenvalue weighted by Gasteiger charge is 2.38. The molecule has 0 spiro atoms. The van der Waals surface area contributed by atoms with Crippen LogP contribution in [0, 0.1) is 0 Å². The number of rotatable bonds is 4. The molecule has 118 valence electrons. The summed E-state index contributed by atoms with van der Waals surface area (Å²) in [4.78, 5) is 14.6. The molecule has 0 radical (unpaired) electrons. The Kier molecular flexibility index (Phi) is 4.64. The maximum atomic E-state index is 12.3. The van der Waals surface area contributed by atoms with Crippen LogP contribution < -0.4 is 10.6 Å². The van der Waals surface area contributed by atoms with Crippen molar-refractivity contribution in [1.82, 2.24) is 15.5 Å². The molecule has 0 aliphatic heterocycles.